The molecule has 0 unspecified atom stereocenters. The SMILES string of the molecule is Cc1ccccc1N(C)S(=O)(=O)c1cccc(C(=O)O)c1. The van der Waals surface area contributed by atoms with Gasteiger partial charge in [-0.05, 0) is 36.8 Å². The van der Waals surface area contributed by atoms with E-state index < -0.39 is 16.0 Å². The van der Waals surface area contributed by atoms with Crippen LogP contribution in [-0.4, -0.2) is 26.5 Å². The van der Waals surface area contributed by atoms with Gasteiger partial charge in [0.25, 0.3) is 10.0 Å². The number of anilines is 1. The second kappa shape index (κ2) is 5.57. The summed E-state index contributed by atoms with van der Waals surface area (Å²) in [5, 5.41) is 8.97. The number of aromatic carboxylic acids is 1. The summed E-state index contributed by atoms with van der Waals surface area (Å²) in [7, 11) is -2.35. The smallest absolute Gasteiger partial charge is 0.335 e. The number of para-hydroxylation sites is 1. The van der Waals surface area contributed by atoms with Crippen molar-refractivity contribution in [1.82, 2.24) is 0 Å². The van der Waals surface area contributed by atoms with Crippen LogP contribution >= 0.6 is 0 Å². The molecule has 0 fully saturated rings. The van der Waals surface area contributed by atoms with Gasteiger partial charge in [-0.1, -0.05) is 24.3 Å². The number of benzene rings is 2. The minimum absolute atomic E-state index is 0.0480. The van der Waals surface area contributed by atoms with Crippen LogP contribution in [0.2, 0.25) is 0 Å². The summed E-state index contributed by atoms with van der Waals surface area (Å²) < 4.78 is 26.3. The Labute approximate surface area is 123 Å². The Hall–Kier alpha value is -2.34. The normalized spacial score (nSPS) is 11.1. The molecule has 0 aliphatic rings. The number of hydrogen-bond donors (Lipinski definition) is 1. The zero-order chi connectivity index (χ0) is 15.6. The van der Waals surface area contributed by atoms with E-state index in [1.54, 1.807) is 12.1 Å². The number of sulfonamides is 1. The fourth-order valence-electron chi connectivity index (χ4n) is 1.99. The van der Waals surface area contributed by atoms with E-state index in [-0.39, 0.29) is 10.5 Å². The Morgan fingerprint density at radius 2 is 1.76 bits per heavy atom. The largest absolute Gasteiger partial charge is 0.478 e. The number of aryl methyl sites for hydroxylation is 1. The lowest BCUT2D eigenvalue weighted by atomic mass is 10.2. The molecule has 0 aliphatic carbocycles. The highest BCUT2D eigenvalue weighted by molar-refractivity contribution is 7.92. The number of nitrogens with zero attached hydrogens (tertiary/aromatic N) is 1. The number of hydrogen-bond acceptors (Lipinski definition) is 3. The maximum atomic E-state index is 12.6. The van der Waals surface area contributed by atoms with Gasteiger partial charge in [-0.25, -0.2) is 13.2 Å². The zero-order valence-corrected chi connectivity index (χ0v) is 12.5. The molecule has 0 spiro atoms. The third-order valence-electron chi connectivity index (χ3n) is 3.19. The van der Waals surface area contributed by atoms with E-state index in [1.165, 1.54) is 25.2 Å². The number of carboxylic acids is 1. The molecule has 0 heterocycles. The Kier molecular flexibility index (Phi) is 3.99. The molecule has 0 radical (unpaired) electrons. The molecule has 110 valence electrons. The molecule has 1 N–H and O–H groups in total. The molecular formula is C15H15NO4S. The standard InChI is InChI=1S/C15H15NO4S/c1-11-6-3-4-9-14(11)16(2)21(19,20)13-8-5-7-12(10-13)15(17)18/h3-10H,1-2H3,(H,17,18). The average molecular weight is 305 g/mol. The van der Waals surface area contributed by atoms with E-state index in [1.807, 2.05) is 19.1 Å². The fourth-order valence-corrected chi connectivity index (χ4v) is 3.30. The Morgan fingerprint density at radius 3 is 2.38 bits per heavy atom. The minimum atomic E-state index is -3.80. The van der Waals surface area contributed by atoms with Crippen LogP contribution in [0.4, 0.5) is 5.69 Å². The maximum Gasteiger partial charge on any atom is 0.335 e. The predicted molar refractivity (Wildman–Crippen MR) is 80.2 cm³/mol. The van der Waals surface area contributed by atoms with E-state index in [0.717, 1.165) is 15.9 Å². The number of carbonyl (C=O) groups is 1. The van der Waals surface area contributed by atoms with Crippen molar-refractivity contribution in [3.8, 4) is 0 Å². The molecule has 0 bridgehead atoms. The topological polar surface area (TPSA) is 74.7 Å². The van der Waals surface area contributed by atoms with Gasteiger partial charge >= 0.3 is 5.97 Å². The number of carboxylic acid groups (broad SMARTS) is 1. The van der Waals surface area contributed by atoms with E-state index in [0.29, 0.717) is 5.69 Å². The van der Waals surface area contributed by atoms with Crippen LogP contribution < -0.4 is 4.31 Å². The van der Waals surface area contributed by atoms with Gasteiger partial charge in [0.1, 0.15) is 0 Å². The van der Waals surface area contributed by atoms with Crippen LogP contribution in [0.5, 0.6) is 0 Å². The summed E-state index contributed by atoms with van der Waals surface area (Å²) in [6.07, 6.45) is 0. The molecule has 2 rings (SSSR count). The van der Waals surface area contributed by atoms with Crippen molar-refractivity contribution in [3.05, 3.63) is 59.7 Å². The van der Waals surface area contributed by atoms with Crippen LogP contribution in [0.15, 0.2) is 53.4 Å². The number of rotatable bonds is 4. The summed E-state index contributed by atoms with van der Waals surface area (Å²) in [5.74, 6) is -1.16. The van der Waals surface area contributed by atoms with Gasteiger partial charge in [0.15, 0.2) is 0 Å². The highest BCUT2D eigenvalue weighted by atomic mass is 32.2. The van der Waals surface area contributed by atoms with Gasteiger partial charge in [0, 0.05) is 7.05 Å². The molecule has 2 aromatic carbocycles. The molecule has 21 heavy (non-hydrogen) atoms. The molecule has 0 saturated carbocycles. The summed E-state index contributed by atoms with van der Waals surface area (Å²) in [6.45, 7) is 1.81. The first-order valence-electron chi connectivity index (χ1n) is 6.22. The lowest BCUT2D eigenvalue weighted by Gasteiger charge is -2.21. The molecule has 0 saturated heterocycles. The summed E-state index contributed by atoms with van der Waals surface area (Å²) in [6, 6.07) is 12.4. The Bertz CT molecular complexity index is 784. The summed E-state index contributed by atoms with van der Waals surface area (Å²) in [4.78, 5) is 10.9. The quantitative estimate of drug-likeness (QED) is 0.942. The van der Waals surface area contributed by atoms with Crippen LogP contribution in [-0.2, 0) is 10.0 Å². The van der Waals surface area contributed by atoms with Crippen LogP contribution in [0.1, 0.15) is 15.9 Å². The van der Waals surface area contributed by atoms with Crippen molar-refractivity contribution in [2.45, 2.75) is 11.8 Å². The third-order valence-corrected chi connectivity index (χ3v) is 4.96. The predicted octanol–water partition coefficient (Wildman–Crippen LogP) is 2.52. The zero-order valence-electron chi connectivity index (χ0n) is 11.6. The lowest BCUT2D eigenvalue weighted by Crippen LogP contribution is -2.27. The third kappa shape index (κ3) is 2.90. The molecule has 5 nitrogen and oxygen atoms in total. The second-order valence-corrected chi connectivity index (χ2v) is 6.56. The average Bonchev–Trinajstić information content (AvgIpc) is 2.47. The maximum absolute atomic E-state index is 12.6. The highest BCUT2D eigenvalue weighted by Gasteiger charge is 2.23. The second-order valence-electron chi connectivity index (χ2n) is 4.59. The van der Waals surface area contributed by atoms with Gasteiger partial charge in [-0.3, -0.25) is 4.31 Å². The van der Waals surface area contributed by atoms with Gasteiger partial charge < -0.3 is 5.11 Å². The highest BCUT2D eigenvalue weighted by Crippen LogP contribution is 2.25. The van der Waals surface area contributed by atoms with Crippen LogP contribution in [0.3, 0.4) is 0 Å². The molecule has 0 amide bonds. The van der Waals surface area contributed by atoms with Crippen molar-refractivity contribution in [3.63, 3.8) is 0 Å². The molecule has 0 aliphatic heterocycles. The van der Waals surface area contributed by atoms with Gasteiger partial charge in [-0.2, -0.15) is 0 Å². The minimum Gasteiger partial charge on any atom is -0.478 e. The fraction of sp³-hybridized carbons (Fsp3) is 0.133. The summed E-state index contributed by atoms with van der Waals surface area (Å²) in [5.41, 5.74) is 1.31. The first-order chi connectivity index (χ1) is 9.84. The van der Waals surface area contributed by atoms with Crippen LogP contribution in [0, 0.1) is 6.92 Å². The van der Waals surface area contributed by atoms with Gasteiger partial charge in [0.05, 0.1) is 16.1 Å². The monoisotopic (exact) mass is 305 g/mol. The van der Waals surface area contributed by atoms with E-state index in [4.69, 9.17) is 5.11 Å². The van der Waals surface area contributed by atoms with Crippen molar-refractivity contribution in [1.29, 1.82) is 0 Å². The van der Waals surface area contributed by atoms with E-state index in [9.17, 15) is 13.2 Å². The Balaban J connectivity index is 2.50. The first-order valence-corrected chi connectivity index (χ1v) is 7.66. The van der Waals surface area contributed by atoms with Crippen molar-refractivity contribution in [2.75, 3.05) is 11.4 Å². The van der Waals surface area contributed by atoms with E-state index >= 15 is 0 Å². The van der Waals surface area contributed by atoms with E-state index in [2.05, 4.69) is 0 Å². The summed E-state index contributed by atoms with van der Waals surface area (Å²) >= 11 is 0. The van der Waals surface area contributed by atoms with Gasteiger partial charge in [0.2, 0.25) is 0 Å². The van der Waals surface area contributed by atoms with Crippen LogP contribution in [0.25, 0.3) is 0 Å². The molecule has 6 heteroatoms. The molecule has 0 atom stereocenters. The first kappa shape index (κ1) is 15.1. The molecule has 0 aromatic heterocycles. The van der Waals surface area contributed by atoms with Gasteiger partial charge in [-0.15, -0.1) is 0 Å². The molecule has 2 aromatic rings. The van der Waals surface area contributed by atoms with Crippen molar-refractivity contribution < 1.29 is 18.3 Å². The lowest BCUT2D eigenvalue weighted by molar-refractivity contribution is 0.0696. The Morgan fingerprint density at radius 1 is 1.10 bits per heavy atom. The van der Waals surface area contributed by atoms with Crippen molar-refractivity contribution >= 4 is 21.7 Å². The van der Waals surface area contributed by atoms with Crippen molar-refractivity contribution in [2.24, 2.45) is 0 Å². The molecular weight excluding hydrogens is 290 g/mol.